The first-order valence-electron chi connectivity index (χ1n) is 9.67. The molecular formula is C24H22N4O2. The topological polar surface area (TPSA) is 69.0 Å². The lowest BCUT2D eigenvalue weighted by atomic mass is 10.1. The van der Waals surface area contributed by atoms with Gasteiger partial charge in [0.25, 0.3) is 5.91 Å². The summed E-state index contributed by atoms with van der Waals surface area (Å²) in [5.41, 5.74) is 3.78. The van der Waals surface area contributed by atoms with Gasteiger partial charge < -0.3 is 14.6 Å². The third kappa shape index (κ3) is 4.38. The molecule has 1 N–H and O–H groups in total. The highest BCUT2D eigenvalue weighted by Gasteiger charge is 2.16. The van der Waals surface area contributed by atoms with Gasteiger partial charge in [0.2, 0.25) is 0 Å². The third-order valence-corrected chi connectivity index (χ3v) is 4.74. The molecule has 150 valence electrons. The highest BCUT2D eigenvalue weighted by Crippen LogP contribution is 2.23. The molecule has 4 aromatic rings. The lowest BCUT2D eigenvalue weighted by molar-refractivity contribution is -0.122. The maximum Gasteiger partial charge on any atom is 0.265 e. The van der Waals surface area contributed by atoms with Gasteiger partial charge >= 0.3 is 0 Å². The van der Waals surface area contributed by atoms with Crippen molar-refractivity contribution < 1.29 is 9.53 Å². The fourth-order valence-corrected chi connectivity index (χ4v) is 3.14. The van der Waals surface area contributed by atoms with Crippen LogP contribution < -0.4 is 10.1 Å². The molecule has 0 saturated heterocycles. The SMILES string of the molecule is C[C@H](Oc1ccc(-c2ccccc2)cc1)C(=O)Nc1cccc(-c2nncn2C)c1. The van der Waals surface area contributed by atoms with E-state index >= 15 is 0 Å². The lowest BCUT2D eigenvalue weighted by Gasteiger charge is -2.15. The molecule has 0 fully saturated rings. The number of ether oxygens (including phenoxy) is 1. The van der Waals surface area contributed by atoms with Gasteiger partial charge in [0.15, 0.2) is 11.9 Å². The van der Waals surface area contributed by atoms with Crippen LogP contribution in [0.25, 0.3) is 22.5 Å². The molecule has 3 aromatic carbocycles. The van der Waals surface area contributed by atoms with Crippen LogP contribution in [-0.2, 0) is 11.8 Å². The maximum atomic E-state index is 12.6. The molecule has 0 unspecified atom stereocenters. The standard InChI is InChI=1S/C24H22N4O2/c1-17(30-22-13-11-19(12-14-22)18-7-4-3-5-8-18)24(29)26-21-10-6-9-20(15-21)23-27-25-16-28(23)2/h3-17H,1-2H3,(H,26,29)/t17-/m0/s1. The van der Waals surface area contributed by atoms with E-state index in [1.807, 2.05) is 78.3 Å². The van der Waals surface area contributed by atoms with E-state index in [1.54, 1.807) is 13.3 Å². The van der Waals surface area contributed by atoms with Crippen LogP contribution in [-0.4, -0.2) is 26.8 Å². The summed E-state index contributed by atoms with van der Waals surface area (Å²) in [4.78, 5) is 12.6. The molecule has 0 spiro atoms. The van der Waals surface area contributed by atoms with E-state index in [9.17, 15) is 4.79 Å². The van der Waals surface area contributed by atoms with Crippen LogP contribution >= 0.6 is 0 Å². The van der Waals surface area contributed by atoms with Crippen LogP contribution in [0.3, 0.4) is 0 Å². The van der Waals surface area contributed by atoms with E-state index in [-0.39, 0.29) is 5.91 Å². The Labute approximate surface area is 175 Å². The molecule has 0 aliphatic rings. The summed E-state index contributed by atoms with van der Waals surface area (Å²) in [6.45, 7) is 1.73. The second-order valence-electron chi connectivity index (χ2n) is 6.99. The maximum absolute atomic E-state index is 12.6. The molecule has 0 aliphatic carbocycles. The molecule has 4 rings (SSSR count). The van der Waals surface area contributed by atoms with Gasteiger partial charge in [-0.25, -0.2) is 0 Å². The molecular weight excluding hydrogens is 376 g/mol. The predicted molar refractivity (Wildman–Crippen MR) is 117 cm³/mol. The minimum atomic E-state index is -0.647. The second kappa shape index (κ2) is 8.61. The number of rotatable bonds is 6. The molecule has 1 amide bonds. The minimum Gasteiger partial charge on any atom is -0.481 e. The van der Waals surface area contributed by atoms with Gasteiger partial charge in [-0.1, -0.05) is 54.6 Å². The average molecular weight is 398 g/mol. The van der Waals surface area contributed by atoms with Gasteiger partial charge in [0.05, 0.1) is 0 Å². The average Bonchev–Trinajstić information content (AvgIpc) is 3.21. The zero-order chi connectivity index (χ0) is 20.9. The molecule has 0 aliphatic heterocycles. The summed E-state index contributed by atoms with van der Waals surface area (Å²) in [5, 5.41) is 10.9. The van der Waals surface area contributed by atoms with Crippen LogP contribution in [0.2, 0.25) is 0 Å². The Morgan fingerprint density at radius 2 is 1.63 bits per heavy atom. The molecule has 30 heavy (non-hydrogen) atoms. The van der Waals surface area contributed by atoms with Gasteiger partial charge in [-0.2, -0.15) is 0 Å². The van der Waals surface area contributed by atoms with Gasteiger partial charge in [0, 0.05) is 18.3 Å². The lowest BCUT2D eigenvalue weighted by Crippen LogP contribution is -2.30. The van der Waals surface area contributed by atoms with Crippen LogP contribution in [0.15, 0.2) is 85.2 Å². The van der Waals surface area contributed by atoms with Crippen molar-refractivity contribution in [2.75, 3.05) is 5.32 Å². The van der Waals surface area contributed by atoms with Crippen LogP contribution in [0.5, 0.6) is 5.75 Å². The number of aromatic nitrogens is 3. The number of nitrogens with one attached hydrogen (secondary N) is 1. The summed E-state index contributed by atoms with van der Waals surface area (Å²) in [5.74, 6) is 1.15. The Morgan fingerprint density at radius 3 is 2.33 bits per heavy atom. The van der Waals surface area contributed by atoms with Crippen molar-refractivity contribution in [1.82, 2.24) is 14.8 Å². The van der Waals surface area contributed by atoms with Crippen LogP contribution in [0, 0.1) is 0 Å². The predicted octanol–water partition coefficient (Wildman–Crippen LogP) is 4.56. The van der Waals surface area contributed by atoms with Crippen molar-refractivity contribution in [1.29, 1.82) is 0 Å². The van der Waals surface area contributed by atoms with Crippen molar-refractivity contribution in [2.45, 2.75) is 13.0 Å². The van der Waals surface area contributed by atoms with Crippen molar-refractivity contribution in [3.63, 3.8) is 0 Å². The van der Waals surface area contributed by atoms with E-state index in [0.717, 1.165) is 22.5 Å². The van der Waals surface area contributed by atoms with Crippen molar-refractivity contribution in [3.8, 4) is 28.3 Å². The van der Waals surface area contributed by atoms with E-state index in [1.165, 1.54) is 0 Å². The van der Waals surface area contributed by atoms with Crippen molar-refractivity contribution >= 4 is 11.6 Å². The third-order valence-electron chi connectivity index (χ3n) is 4.74. The summed E-state index contributed by atoms with van der Waals surface area (Å²) < 4.78 is 7.65. The number of carbonyl (C=O) groups is 1. The highest BCUT2D eigenvalue weighted by atomic mass is 16.5. The molecule has 0 radical (unpaired) electrons. The van der Waals surface area contributed by atoms with E-state index in [4.69, 9.17) is 4.74 Å². The molecule has 1 aromatic heterocycles. The van der Waals surface area contributed by atoms with Crippen LogP contribution in [0.1, 0.15) is 6.92 Å². The molecule has 6 nitrogen and oxygen atoms in total. The summed E-state index contributed by atoms with van der Waals surface area (Å²) >= 11 is 0. The van der Waals surface area contributed by atoms with Crippen molar-refractivity contribution in [3.05, 3.63) is 85.2 Å². The summed E-state index contributed by atoms with van der Waals surface area (Å²) in [6, 6.07) is 25.3. The smallest absolute Gasteiger partial charge is 0.265 e. The van der Waals surface area contributed by atoms with Crippen LogP contribution in [0.4, 0.5) is 5.69 Å². The highest BCUT2D eigenvalue weighted by molar-refractivity contribution is 5.94. The minimum absolute atomic E-state index is 0.225. The van der Waals surface area contributed by atoms with Gasteiger partial charge in [-0.05, 0) is 42.3 Å². The molecule has 1 atom stereocenters. The molecule has 0 saturated carbocycles. The van der Waals surface area contributed by atoms with Gasteiger partial charge in [-0.3, -0.25) is 4.79 Å². The monoisotopic (exact) mass is 398 g/mol. The van der Waals surface area contributed by atoms with Gasteiger partial charge in [0.1, 0.15) is 12.1 Å². The first kappa shape index (κ1) is 19.4. The first-order valence-corrected chi connectivity index (χ1v) is 9.67. The fraction of sp³-hybridized carbons (Fsp3) is 0.125. The number of carbonyl (C=O) groups excluding carboxylic acids is 1. The number of amides is 1. The zero-order valence-corrected chi connectivity index (χ0v) is 16.8. The molecule has 6 heteroatoms. The normalized spacial score (nSPS) is 11.7. The van der Waals surface area contributed by atoms with E-state index in [0.29, 0.717) is 11.4 Å². The Hall–Kier alpha value is -3.93. The largest absolute Gasteiger partial charge is 0.481 e. The Kier molecular flexibility index (Phi) is 5.57. The van der Waals surface area contributed by atoms with E-state index < -0.39 is 6.10 Å². The van der Waals surface area contributed by atoms with Crippen molar-refractivity contribution in [2.24, 2.45) is 7.05 Å². The fourth-order valence-electron chi connectivity index (χ4n) is 3.14. The molecule has 0 bridgehead atoms. The molecule has 1 heterocycles. The number of hydrogen-bond acceptors (Lipinski definition) is 4. The number of nitrogens with zero attached hydrogens (tertiary/aromatic N) is 3. The number of benzene rings is 3. The first-order chi connectivity index (χ1) is 14.6. The zero-order valence-electron chi connectivity index (χ0n) is 16.8. The second-order valence-corrected chi connectivity index (χ2v) is 6.99. The Balaban J connectivity index is 1.40. The summed E-state index contributed by atoms with van der Waals surface area (Å²) in [6.07, 6.45) is 0.991. The van der Waals surface area contributed by atoms with E-state index in [2.05, 4.69) is 27.6 Å². The van der Waals surface area contributed by atoms with Gasteiger partial charge in [-0.15, -0.1) is 10.2 Å². The summed E-state index contributed by atoms with van der Waals surface area (Å²) in [7, 11) is 1.87. The number of hydrogen-bond donors (Lipinski definition) is 1. The quantitative estimate of drug-likeness (QED) is 0.517. The Morgan fingerprint density at radius 1 is 0.933 bits per heavy atom. The Bertz CT molecular complexity index is 1140. The number of anilines is 1. The number of aryl methyl sites for hydroxylation is 1.